The first-order chi connectivity index (χ1) is 9.84. The van der Waals surface area contributed by atoms with E-state index in [9.17, 15) is 4.79 Å². The monoisotopic (exact) mass is 278 g/mol. The summed E-state index contributed by atoms with van der Waals surface area (Å²) in [7, 11) is 0. The van der Waals surface area contributed by atoms with E-state index in [0.717, 1.165) is 12.2 Å². The molecule has 1 N–H and O–H groups in total. The van der Waals surface area contributed by atoms with E-state index in [1.54, 1.807) is 6.33 Å². The summed E-state index contributed by atoms with van der Waals surface area (Å²) >= 11 is 0. The van der Waals surface area contributed by atoms with Gasteiger partial charge in [0.05, 0.1) is 19.1 Å². The molecular weight excluding hydrogens is 256 g/mol. The number of carbonyl (C=O) groups is 1. The van der Waals surface area contributed by atoms with Crippen molar-refractivity contribution in [2.24, 2.45) is 5.92 Å². The van der Waals surface area contributed by atoms with Crippen LogP contribution in [0.4, 0.5) is 0 Å². The second-order valence-electron chi connectivity index (χ2n) is 5.72. The molecule has 1 aromatic heterocycles. The van der Waals surface area contributed by atoms with Gasteiger partial charge in [0.25, 0.3) is 0 Å². The zero-order valence-corrected chi connectivity index (χ0v) is 11.8. The quantitative estimate of drug-likeness (QED) is 0.904. The molecule has 6 heteroatoms. The zero-order valence-electron chi connectivity index (χ0n) is 11.8. The molecule has 3 rings (SSSR count). The third-order valence-corrected chi connectivity index (χ3v) is 4.34. The summed E-state index contributed by atoms with van der Waals surface area (Å²) in [5.41, 5.74) is 0. The van der Waals surface area contributed by atoms with Gasteiger partial charge >= 0.3 is 0 Å². The third-order valence-electron chi connectivity index (χ3n) is 4.34. The van der Waals surface area contributed by atoms with E-state index in [-0.39, 0.29) is 11.8 Å². The maximum absolute atomic E-state index is 12.0. The number of amides is 1. The van der Waals surface area contributed by atoms with Crippen molar-refractivity contribution in [3.8, 4) is 0 Å². The van der Waals surface area contributed by atoms with Crippen LogP contribution in [0.25, 0.3) is 0 Å². The molecular formula is C14H22N4O2. The van der Waals surface area contributed by atoms with Crippen LogP contribution in [-0.2, 0) is 16.1 Å². The van der Waals surface area contributed by atoms with Crippen LogP contribution in [0.1, 0.15) is 50.4 Å². The predicted molar refractivity (Wildman–Crippen MR) is 72.9 cm³/mol. The summed E-state index contributed by atoms with van der Waals surface area (Å²) in [6.45, 7) is 1.70. The zero-order chi connectivity index (χ0) is 13.8. The summed E-state index contributed by atoms with van der Waals surface area (Å²) in [5, 5.41) is 11.1. The van der Waals surface area contributed by atoms with Gasteiger partial charge in [0.2, 0.25) is 5.91 Å². The molecule has 20 heavy (non-hydrogen) atoms. The van der Waals surface area contributed by atoms with Crippen LogP contribution in [-0.4, -0.2) is 33.9 Å². The number of hydrogen-bond acceptors (Lipinski definition) is 4. The number of aromatic nitrogens is 3. The van der Waals surface area contributed by atoms with Crippen molar-refractivity contribution in [1.82, 2.24) is 20.1 Å². The van der Waals surface area contributed by atoms with Gasteiger partial charge in [-0.2, -0.15) is 0 Å². The van der Waals surface area contributed by atoms with Crippen molar-refractivity contribution in [2.45, 2.75) is 51.1 Å². The Morgan fingerprint density at radius 3 is 2.95 bits per heavy atom. The highest BCUT2D eigenvalue weighted by atomic mass is 16.5. The lowest BCUT2D eigenvalue weighted by Gasteiger charge is -2.24. The fourth-order valence-corrected chi connectivity index (χ4v) is 3.11. The molecule has 2 aliphatic rings. The molecule has 2 heterocycles. The van der Waals surface area contributed by atoms with Gasteiger partial charge in [-0.25, -0.2) is 0 Å². The van der Waals surface area contributed by atoms with E-state index in [1.165, 1.54) is 32.1 Å². The largest absolute Gasteiger partial charge is 0.381 e. The van der Waals surface area contributed by atoms with Crippen molar-refractivity contribution < 1.29 is 9.53 Å². The summed E-state index contributed by atoms with van der Waals surface area (Å²) in [6.07, 6.45) is 8.87. The third kappa shape index (κ3) is 3.00. The number of ether oxygens (including phenoxy) is 1. The minimum Gasteiger partial charge on any atom is -0.381 e. The molecule has 1 aliphatic heterocycles. The molecule has 1 atom stereocenters. The van der Waals surface area contributed by atoms with E-state index in [4.69, 9.17) is 4.74 Å². The molecule has 0 aromatic carbocycles. The second kappa shape index (κ2) is 6.35. The van der Waals surface area contributed by atoms with E-state index in [0.29, 0.717) is 25.8 Å². The number of rotatable bonds is 4. The first kappa shape index (κ1) is 13.5. The molecule has 1 saturated carbocycles. The lowest BCUT2D eigenvalue weighted by atomic mass is 9.95. The van der Waals surface area contributed by atoms with Crippen LogP contribution < -0.4 is 5.32 Å². The van der Waals surface area contributed by atoms with Gasteiger partial charge in [0.15, 0.2) is 5.82 Å². The Hall–Kier alpha value is -1.43. The molecule has 6 nitrogen and oxygen atoms in total. The Morgan fingerprint density at radius 1 is 1.35 bits per heavy atom. The molecule has 110 valence electrons. The summed E-state index contributed by atoms with van der Waals surface area (Å²) < 4.78 is 7.38. The number of nitrogens with zero attached hydrogens (tertiary/aromatic N) is 3. The first-order valence-corrected chi connectivity index (χ1v) is 7.58. The standard InChI is InChI=1S/C14H22N4O2/c19-14(11-6-7-20-9-11)15-8-13-17-16-10-18(13)12-4-2-1-3-5-12/h10-12H,1-9H2,(H,15,19). The smallest absolute Gasteiger partial charge is 0.225 e. The Morgan fingerprint density at radius 2 is 2.20 bits per heavy atom. The van der Waals surface area contributed by atoms with Gasteiger partial charge < -0.3 is 14.6 Å². The Bertz CT molecular complexity index is 448. The number of carbonyl (C=O) groups excluding carboxylic acids is 1. The second-order valence-corrected chi connectivity index (χ2v) is 5.72. The van der Waals surface area contributed by atoms with Crippen molar-refractivity contribution in [1.29, 1.82) is 0 Å². The van der Waals surface area contributed by atoms with Gasteiger partial charge in [0.1, 0.15) is 6.33 Å². The van der Waals surface area contributed by atoms with Crippen molar-refractivity contribution in [3.05, 3.63) is 12.2 Å². The number of nitrogens with one attached hydrogen (secondary N) is 1. The van der Waals surface area contributed by atoms with Gasteiger partial charge in [-0.15, -0.1) is 10.2 Å². The predicted octanol–water partition coefficient (Wildman–Crippen LogP) is 1.44. The van der Waals surface area contributed by atoms with Gasteiger partial charge in [-0.05, 0) is 19.3 Å². The van der Waals surface area contributed by atoms with Crippen LogP contribution in [0.5, 0.6) is 0 Å². The lowest BCUT2D eigenvalue weighted by Crippen LogP contribution is -2.31. The highest BCUT2D eigenvalue weighted by Crippen LogP contribution is 2.28. The van der Waals surface area contributed by atoms with Crippen molar-refractivity contribution >= 4 is 5.91 Å². The fraction of sp³-hybridized carbons (Fsp3) is 0.786. The van der Waals surface area contributed by atoms with E-state index in [1.807, 2.05) is 0 Å². The highest BCUT2D eigenvalue weighted by Gasteiger charge is 2.24. The minimum atomic E-state index is 0.000974. The van der Waals surface area contributed by atoms with Crippen LogP contribution in [0.15, 0.2) is 6.33 Å². The Kier molecular flexibility index (Phi) is 4.30. The first-order valence-electron chi connectivity index (χ1n) is 7.58. The molecule has 1 unspecified atom stereocenters. The van der Waals surface area contributed by atoms with Gasteiger partial charge in [-0.1, -0.05) is 19.3 Å². The van der Waals surface area contributed by atoms with Crippen LogP contribution in [0, 0.1) is 5.92 Å². The van der Waals surface area contributed by atoms with Crippen LogP contribution >= 0.6 is 0 Å². The average molecular weight is 278 g/mol. The van der Waals surface area contributed by atoms with Gasteiger partial charge in [0, 0.05) is 12.6 Å². The molecule has 0 radical (unpaired) electrons. The molecule has 1 aromatic rings. The molecule has 0 spiro atoms. The maximum atomic E-state index is 12.0. The Balaban J connectivity index is 1.57. The minimum absolute atomic E-state index is 0.000974. The normalized spacial score (nSPS) is 23.9. The summed E-state index contributed by atoms with van der Waals surface area (Å²) in [6, 6.07) is 0.500. The maximum Gasteiger partial charge on any atom is 0.225 e. The van der Waals surface area contributed by atoms with E-state index in [2.05, 4.69) is 20.1 Å². The Labute approximate surface area is 118 Å². The SMILES string of the molecule is O=C(NCc1nncn1C1CCCCC1)C1CCOC1. The number of hydrogen-bond donors (Lipinski definition) is 1. The fourth-order valence-electron chi connectivity index (χ4n) is 3.11. The van der Waals surface area contributed by atoms with E-state index < -0.39 is 0 Å². The molecule has 0 bridgehead atoms. The van der Waals surface area contributed by atoms with E-state index >= 15 is 0 Å². The van der Waals surface area contributed by atoms with Crippen LogP contribution in [0.3, 0.4) is 0 Å². The average Bonchev–Trinajstić information content (AvgIpc) is 3.17. The molecule has 1 saturated heterocycles. The summed E-state index contributed by atoms with van der Waals surface area (Å²) in [4.78, 5) is 12.0. The molecule has 2 fully saturated rings. The molecule has 1 amide bonds. The van der Waals surface area contributed by atoms with Gasteiger partial charge in [-0.3, -0.25) is 4.79 Å². The topological polar surface area (TPSA) is 69.0 Å². The van der Waals surface area contributed by atoms with Crippen LogP contribution in [0.2, 0.25) is 0 Å². The molecule has 1 aliphatic carbocycles. The highest BCUT2D eigenvalue weighted by molar-refractivity contribution is 5.78. The van der Waals surface area contributed by atoms with Crippen molar-refractivity contribution in [3.63, 3.8) is 0 Å². The van der Waals surface area contributed by atoms with Crippen molar-refractivity contribution in [2.75, 3.05) is 13.2 Å². The lowest BCUT2D eigenvalue weighted by molar-refractivity contribution is -0.125. The summed E-state index contributed by atoms with van der Waals surface area (Å²) in [5.74, 6) is 0.936.